The summed E-state index contributed by atoms with van der Waals surface area (Å²) in [5, 5.41) is 14.7. The van der Waals surface area contributed by atoms with Crippen LogP contribution in [0.25, 0.3) is 0 Å². The lowest BCUT2D eigenvalue weighted by atomic mass is 9.97. The predicted octanol–water partition coefficient (Wildman–Crippen LogP) is 2.13. The quantitative estimate of drug-likeness (QED) is 0.603. The molecule has 3 atom stereocenters. The maximum atomic E-state index is 12.6. The molecule has 3 N–H and O–H groups in total. The Labute approximate surface area is 149 Å². The maximum Gasteiger partial charge on any atom is 0.326 e. The smallest absolute Gasteiger partial charge is 0.326 e. The molecule has 6 nitrogen and oxygen atoms in total. The fraction of sp³-hybridized carbons (Fsp3) is 0.526. The summed E-state index contributed by atoms with van der Waals surface area (Å²) in [5.41, 5.74) is 0.824. The van der Waals surface area contributed by atoms with Crippen LogP contribution in [0.3, 0.4) is 0 Å². The highest BCUT2D eigenvalue weighted by molar-refractivity contribution is 5.90. The zero-order chi connectivity index (χ0) is 18.8. The number of hydrogen-bond acceptors (Lipinski definition) is 3. The topological polar surface area (TPSA) is 95.5 Å². The van der Waals surface area contributed by atoms with Crippen molar-refractivity contribution < 1.29 is 19.5 Å². The summed E-state index contributed by atoms with van der Waals surface area (Å²) in [4.78, 5) is 36.0. The molecule has 0 bridgehead atoms. The van der Waals surface area contributed by atoms with E-state index in [2.05, 4.69) is 10.6 Å². The van der Waals surface area contributed by atoms with Crippen molar-refractivity contribution in [2.24, 2.45) is 5.92 Å². The number of aliphatic carboxylic acids is 1. The van der Waals surface area contributed by atoms with Gasteiger partial charge in [-0.05, 0) is 17.9 Å². The van der Waals surface area contributed by atoms with Gasteiger partial charge in [-0.15, -0.1) is 0 Å². The largest absolute Gasteiger partial charge is 0.480 e. The van der Waals surface area contributed by atoms with Gasteiger partial charge in [0.2, 0.25) is 11.8 Å². The fourth-order valence-electron chi connectivity index (χ4n) is 2.49. The first kappa shape index (κ1) is 20.7. The van der Waals surface area contributed by atoms with Gasteiger partial charge in [-0.3, -0.25) is 9.59 Å². The van der Waals surface area contributed by atoms with E-state index in [1.54, 1.807) is 0 Å². The number of carboxylic acids is 1. The molecule has 0 aliphatic carbocycles. The molecule has 0 aliphatic rings. The average molecular weight is 348 g/mol. The number of benzene rings is 1. The Balaban J connectivity index is 2.83. The van der Waals surface area contributed by atoms with Gasteiger partial charge >= 0.3 is 5.97 Å². The van der Waals surface area contributed by atoms with Gasteiger partial charge in [0.05, 0.1) is 0 Å². The Morgan fingerprint density at radius 1 is 1.08 bits per heavy atom. The van der Waals surface area contributed by atoms with Gasteiger partial charge in [0, 0.05) is 12.8 Å². The van der Waals surface area contributed by atoms with Gasteiger partial charge in [0.1, 0.15) is 12.1 Å². The second-order valence-electron chi connectivity index (χ2n) is 6.27. The lowest BCUT2D eigenvalue weighted by Gasteiger charge is -2.25. The van der Waals surface area contributed by atoms with Crippen LogP contribution in [-0.2, 0) is 20.8 Å². The van der Waals surface area contributed by atoms with Crippen LogP contribution in [0.1, 0.15) is 45.6 Å². The number of rotatable bonds is 10. The first-order valence-electron chi connectivity index (χ1n) is 8.75. The molecule has 138 valence electrons. The van der Waals surface area contributed by atoms with Crippen LogP contribution < -0.4 is 10.6 Å². The first-order valence-corrected chi connectivity index (χ1v) is 8.75. The van der Waals surface area contributed by atoms with Gasteiger partial charge in [-0.25, -0.2) is 4.79 Å². The van der Waals surface area contributed by atoms with Gasteiger partial charge in [0.25, 0.3) is 0 Å². The molecule has 1 rings (SSSR count). The van der Waals surface area contributed by atoms with Gasteiger partial charge in [-0.1, -0.05) is 57.5 Å². The van der Waals surface area contributed by atoms with E-state index in [1.165, 1.54) is 0 Å². The van der Waals surface area contributed by atoms with Crippen molar-refractivity contribution in [2.75, 3.05) is 0 Å². The minimum atomic E-state index is -1.10. The van der Waals surface area contributed by atoms with Crippen LogP contribution in [0, 0.1) is 5.92 Å². The van der Waals surface area contributed by atoms with E-state index in [0.29, 0.717) is 19.3 Å². The average Bonchev–Trinajstić information content (AvgIpc) is 2.59. The van der Waals surface area contributed by atoms with Crippen molar-refractivity contribution in [3.8, 4) is 0 Å². The van der Waals surface area contributed by atoms with E-state index in [1.807, 2.05) is 51.1 Å². The molecule has 0 radical (unpaired) electrons. The Hall–Kier alpha value is -2.37. The number of nitrogens with one attached hydrogen (secondary N) is 2. The maximum absolute atomic E-state index is 12.6. The first-order chi connectivity index (χ1) is 11.9. The Bertz CT molecular complexity index is 574. The zero-order valence-electron chi connectivity index (χ0n) is 15.1. The summed E-state index contributed by atoms with van der Waals surface area (Å²) in [6.07, 6.45) is 1.91. The summed E-state index contributed by atoms with van der Waals surface area (Å²) < 4.78 is 0. The highest BCUT2D eigenvalue weighted by Crippen LogP contribution is 2.10. The lowest BCUT2D eigenvalue weighted by Crippen LogP contribution is -2.54. The number of carbonyl (C=O) groups excluding carboxylic acids is 2. The molecule has 0 saturated carbocycles. The Morgan fingerprint density at radius 2 is 1.72 bits per heavy atom. The zero-order valence-corrected chi connectivity index (χ0v) is 15.1. The van der Waals surface area contributed by atoms with Gasteiger partial charge < -0.3 is 15.7 Å². The minimum absolute atomic E-state index is 0.0908. The summed E-state index contributed by atoms with van der Waals surface area (Å²) in [6.45, 7) is 5.68. The van der Waals surface area contributed by atoms with E-state index in [-0.39, 0.29) is 18.2 Å². The summed E-state index contributed by atoms with van der Waals surface area (Å²) in [6, 6.07) is 7.35. The number of carbonyl (C=O) groups is 3. The van der Waals surface area contributed by atoms with Crippen molar-refractivity contribution in [3.63, 3.8) is 0 Å². The molecule has 1 aromatic carbocycles. The van der Waals surface area contributed by atoms with E-state index >= 15 is 0 Å². The normalized spacial score (nSPS) is 14.2. The van der Waals surface area contributed by atoms with E-state index in [4.69, 9.17) is 0 Å². The summed E-state index contributed by atoms with van der Waals surface area (Å²) >= 11 is 0. The molecule has 3 unspecified atom stereocenters. The lowest BCUT2D eigenvalue weighted by molar-refractivity contribution is -0.142. The van der Waals surface area contributed by atoms with E-state index in [0.717, 1.165) is 5.56 Å². The van der Waals surface area contributed by atoms with Crippen LogP contribution in [0.15, 0.2) is 30.3 Å². The molecule has 6 heteroatoms. The molecular formula is C19H28N2O4. The summed E-state index contributed by atoms with van der Waals surface area (Å²) in [7, 11) is 0. The third kappa shape index (κ3) is 6.95. The fourth-order valence-corrected chi connectivity index (χ4v) is 2.49. The van der Waals surface area contributed by atoms with Crippen LogP contribution in [0.4, 0.5) is 0 Å². The van der Waals surface area contributed by atoms with E-state index < -0.39 is 24.0 Å². The molecular weight excluding hydrogens is 320 g/mol. The standard InChI is InChI=1S/C19H28N2O4/c1-4-9-16(22)21-17(13(3)5-2)18(23)20-15(19(24)25)12-14-10-7-6-8-11-14/h6-8,10-11,13,15,17H,4-5,9,12H2,1-3H3,(H,20,23)(H,21,22)(H,24,25). The molecule has 0 fully saturated rings. The molecule has 0 heterocycles. The van der Waals surface area contributed by atoms with Crippen molar-refractivity contribution in [3.05, 3.63) is 35.9 Å². The molecule has 0 saturated heterocycles. The Morgan fingerprint density at radius 3 is 2.24 bits per heavy atom. The molecule has 1 aromatic rings. The van der Waals surface area contributed by atoms with Gasteiger partial charge in [0.15, 0.2) is 0 Å². The third-order valence-electron chi connectivity index (χ3n) is 4.19. The van der Waals surface area contributed by atoms with Crippen molar-refractivity contribution >= 4 is 17.8 Å². The second-order valence-corrected chi connectivity index (χ2v) is 6.27. The molecule has 2 amide bonds. The van der Waals surface area contributed by atoms with E-state index in [9.17, 15) is 19.5 Å². The van der Waals surface area contributed by atoms with Crippen molar-refractivity contribution in [1.82, 2.24) is 10.6 Å². The second kappa shape index (κ2) is 10.5. The van der Waals surface area contributed by atoms with Crippen LogP contribution in [-0.4, -0.2) is 35.0 Å². The molecule has 25 heavy (non-hydrogen) atoms. The van der Waals surface area contributed by atoms with Crippen molar-refractivity contribution in [2.45, 2.75) is 58.5 Å². The van der Waals surface area contributed by atoms with Crippen molar-refractivity contribution in [1.29, 1.82) is 0 Å². The van der Waals surface area contributed by atoms with Gasteiger partial charge in [-0.2, -0.15) is 0 Å². The van der Waals surface area contributed by atoms with Crippen LogP contribution in [0.5, 0.6) is 0 Å². The molecule has 0 aromatic heterocycles. The predicted molar refractivity (Wildman–Crippen MR) is 96.0 cm³/mol. The molecule has 0 aliphatic heterocycles. The highest BCUT2D eigenvalue weighted by Gasteiger charge is 2.29. The van der Waals surface area contributed by atoms with Crippen LogP contribution >= 0.6 is 0 Å². The monoisotopic (exact) mass is 348 g/mol. The highest BCUT2D eigenvalue weighted by atomic mass is 16.4. The number of hydrogen-bond donors (Lipinski definition) is 3. The molecule has 0 spiro atoms. The summed E-state index contributed by atoms with van der Waals surface area (Å²) in [5.74, 6) is -1.84. The minimum Gasteiger partial charge on any atom is -0.480 e. The van der Waals surface area contributed by atoms with Crippen LogP contribution in [0.2, 0.25) is 0 Å². The number of amides is 2. The Kier molecular flexibility index (Phi) is 8.67. The number of carboxylic acid groups (broad SMARTS) is 1. The SMILES string of the molecule is CCCC(=O)NC(C(=O)NC(Cc1ccccc1)C(=O)O)C(C)CC. The third-order valence-corrected chi connectivity index (χ3v) is 4.19.